The first-order valence-corrected chi connectivity index (χ1v) is 13.5. The van der Waals surface area contributed by atoms with E-state index in [9.17, 15) is 70.2 Å². The normalized spacial score (nSPS) is 13.6. The SMILES string of the molecule is Nc1ccc(Oc2ccc(C(c3ccc(Oc4ccc(N)cc4C(F)(F)C(F)(F)F)cc3)(C(F)(F)F)C(F)(F)F)cc2)c(C(F)(F)C(F)(F)F)c1. The molecule has 0 radical (unpaired) electrons. The topological polar surface area (TPSA) is 70.5 Å². The van der Waals surface area contributed by atoms with E-state index in [-0.39, 0.29) is 36.4 Å². The highest BCUT2D eigenvalue weighted by Crippen LogP contribution is 2.57. The first-order valence-electron chi connectivity index (χ1n) is 13.5. The van der Waals surface area contributed by atoms with Crippen LogP contribution in [0.5, 0.6) is 23.0 Å². The molecule has 0 bridgehead atoms. The molecule has 0 atom stereocenters. The van der Waals surface area contributed by atoms with E-state index >= 15 is 0 Å². The van der Waals surface area contributed by atoms with Gasteiger partial charge in [0.1, 0.15) is 23.0 Å². The lowest BCUT2D eigenvalue weighted by Crippen LogP contribution is -2.54. The lowest BCUT2D eigenvalue weighted by atomic mass is 9.73. The average molecular weight is 754 g/mol. The zero-order chi connectivity index (χ0) is 38.6. The predicted molar refractivity (Wildman–Crippen MR) is 148 cm³/mol. The molecule has 4 N–H and O–H groups in total. The number of anilines is 2. The van der Waals surface area contributed by atoms with Crippen LogP contribution in [-0.4, -0.2) is 24.7 Å². The Labute approximate surface area is 275 Å². The molecule has 0 heterocycles. The van der Waals surface area contributed by atoms with E-state index in [1.165, 1.54) is 0 Å². The molecule has 0 aliphatic rings. The van der Waals surface area contributed by atoms with Crippen molar-refractivity contribution in [2.75, 3.05) is 11.5 Å². The Hall–Kier alpha value is -5.04. The Kier molecular flexibility index (Phi) is 9.59. The second-order valence-electron chi connectivity index (χ2n) is 10.7. The molecule has 4 rings (SSSR count). The molecule has 4 aromatic rings. The van der Waals surface area contributed by atoms with Gasteiger partial charge >= 0.3 is 36.6 Å². The zero-order valence-corrected chi connectivity index (χ0v) is 24.6. The summed E-state index contributed by atoms with van der Waals surface area (Å²) in [5.41, 5.74) is -2.16. The molecule has 0 saturated heterocycles. The average Bonchev–Trinajstić information content (AvgIpc) is 2.98. The molecule has 0 unspecified atom stereocenters. The van der Waals surface area contributed by atoms with Gasteiger partial charge in [-0.1, -0.05) is 24.3 Å². The summed E-state index contributed by atoms with van der Waals surface area (Å²) in [5, 5.41) is 0. The van der Waals surface area contributed by atoms with Gasteiger partial charge in [-0.15, -0.1) is 0 Å². The van der Waals surface area contributed by atoms with Crippen molar-refractivity contribution in [3.63, 3.8) is 0 Å². The monoisotopic (exact) mass is 754 g/mol. The van der Waals surface area contributed by atoms with Crippen LogP contribution in [0.1, 0.15) is 22.3 Å². The first-order chi connectivity index (χ1) is 23.1. The fraction of sp³-hybridized carbons (Fsp3) is 0.226. The molecule has 0 aromatic heterocycles. The standard InChI is InChI=1S/C31H18F16N2O2/c32-26(33,30(42,43)44)21-13-17(48)5-11-23(21)50-19-7-1-15(2-8-19)25(28(36,37)38,29(39,40)41)16-3-9-20(10-4-16)51-24-12-6-18(49)14-22(24)27(34,35)31(45,46)47/h1-14H,48-49H2. The van der Waals surface area contributed by atoms with Crippen molar-refractivity contribution in [1.82, 2.24) is 0 Å². The number of alkyl halides is 16. The molecule has 4 aromatic carbocycles. The Morgan fingerprint density at radius 1 is 0.373 bits per heavy atom. The van der Waals surface area contributed by atoms with E-state index in [1.807, 2.05) is 0 Å². The van der Waals surface area contributed by atoms with E-state index in [1.54, 1.807) is 0 Å². The number of rotatable bonds is 8. The quantitative estimate of drug-likeness (QED) is 0.139. The summed E-state index contributed by atoms with van der Waals surface area (Å²) < 4.78 is 233. The second-order valence-corrected chi connectivity index (χ2v) is 10.7. The van der Waals surface area contributed by atoms with Crippen molar-refractivity contribution < 1.29 is 79.7 Å². The van der Waals surface area contributed by atoms with Crippen molar-refractivity contribution in [3.05, 3.63) is 107 Å². The number of ether oxygens (including phenoxy) is 2. The first kappa shape index (κ1) is 38.8. The third-order valence-electron chi connectivity index (χ3n) is 7.28. The van der Waals surface area contributed by atoms with Crippen LogP contribution in [0.2, 0.25) is 0 Å². The van der Waals surface area contributed by atoms with E-state index in [4.69, 9.17) is 20.9 Å². The Bertz CT molecular complexity index is 1730. The maximum absolute atomic E-state index is 14.6. The van der Waals surface area contributed by atoms with Gasteiger partial charge in [0.25, 0.3) is 0 Å². The summed E-state index contributed by atoms with van der Waals surface area (Å²) in [6.45, 7) is 0. The third-order valence-corrected chi connectivity index (χ3v) is 7.28. The summed E-state index contributed by atoms with van der Waals surface area (Å²) >= 11 is 0. The van der Waals surface area contributed by atoms with Crippen LogP contribution in [0.3, 0.4) is 0 Å². The van der Waals surface area contributed by atoms with Crippen LogP contribution in [0.25, 0.3) is 0 Å². The molecule has 276 valence electrons. The molecule has 0 aliphatic carbocycles. The van der Waals surface area contributed by atoms with E-state index in [2.05, 4.69) is 0 Å². The van der Waals surface area contributed by atoms with Gasteiger partial charge in [0.05, 0.1) is 11.1 Å². The minimum atomic E-state index is -6.21. The van der Waals surface area contributed by atoms with Gasteiger partial charge in [-0.3, -0.25) is 0 Å². The molecule has 51 heavy (non-hydrogen) atoms. The molecule has 0 amide bonds. The second kappa shape index (κ2) is 12.6. The number of halogens is 16. The number of nitrogen functional groups attached to an aromatic ring is 2. The van der Waals surface area contributed by atoms with Crippen molar-refractivity contribution in [3.8, 4) is 23.0 Å². The van der Waals surface area contributed by atoms with Gasteiger partial charge in [0.15, 0.2) is 0 Å². The number of hydrogen-bond acceptors (Lipinski definition) is 4. The van der Waals surface area contributed by atoms with Crippen molar-refractivity contribution in [2.24, 2.45) is 0 Å². The summed E-state index contributed by atoms with van der Waals surface area (Å²) in [7, 11) is 0. The van der Waals surface area contributed by atoms with Crippen molar-refractivity contribution in [1.29, 1.82) is 0 Å². The van der Waals surface area contributed by atoms with Crippen LogP contribution in [0, 0.1) is 0 Å². The number of hydrogen-bond donors (Lipinski definition) is 2. The molecule has 0 saturated carbocycles. The zero-order valence-electron chi connectivity index (χ0n) is 24.6. The molecule has 0 spiro atoms. The third kappa shape index (κ3) is 6.99. The van der Waals surface area contributed by atoms with Crippen molar-refractivity contribution >= 4 is 11.4 Å². The fourth-order valence-corrected chi connectivity index (χ4v) is 4.85. The van der Waals surface area contributed by atoms with Gasteiger partial charge in [0, 0.05) is 11.4 Å². The largest absolute Gasteiger partial charge is 0.458 e. The maximum atomic E-state index is 14.6. The Morgan fingerprint density at radius 3 is 0.922 bits per heavy atom. The minimum Gasteiger partial charge on any atom is -0.457 e. The molecule has 0 fully saturated rings. The molecule has 4 nitrogen and oxygen atoms in total. The highest BCUT2D eigenvalue weighted by molar-refractivity contribution is 5.54. The smallest absolute Gasteiger partial charge is 0.457 e. The van der Waals surface area contributed by atoms with Crippen molar-refractivity contribution in [2.45, 2.75) is 42.0 Å². The van der Waals surface area contributed by atoms with Gasteiger partial charge in [0.2, 0.25) is 5.41 Å². The fourth-order valence-electron chi connectivity index (χ4n) is 4.85. The summed E-state index contributed by atoms with van der Waals surface area (Å²) in [4.78, 5) is 0. The van der Waals surface area contributed by atoms with E-state index in [0.29, 0.717) is 36.4 Å². The van der Waals surface area contributed by atoms with E-state index in [0.717, 1.165) is 12.1 Å². The number of nitrogens with two attached hydrogens (primary N) is 2. The van der Waals surface area contributed by atoms with Gasteiger partial charge in [-0.25, -0.2) is 0 Å². The predicted octanol–water partition coefficient (Wildman–Crippen LogP) is 11.2. The Balaban J connectivity index is 1.77. The minimum absolute atomic E-state index is 0.207. The summed E-state index contributed by atoms with van der Waals surface area (Å²) in [5.74, 6) is -15.0. The lowest BCUT2D eigenvalue weighted by molar-refractivity contribution is -0.289. The van der Waals surface area contributed by atoms with Crippen LogP contribution in [0.15, 0.2) is 84.9 Å². The number of benzene rings is 4. The van der Waals surface area contributed by atoms with Gasteiger partial charge in [-0.05, 0) is 71.8 Å². The van der Waals surface area contributed by atoms with E-state index < -0.39 is 98.6 Å². The van der Waals surface area contributed by atoms with Gasteiger partial charge in [-0.2, -0.15) is 70.2 Å². The van der Waals surface area contributed by atoms with Crippen LogP contribution in [0.4, 0.5) is 81.6 Å². The Morgan fingerprint density at radius 2 is 0.667 bits per heavy atom. The van der Waals surface area contributed by atoms with Gasteiger partial charge < -0.3 is 20.9 Å². The molecule has 0 aliphatic heterocycles. The van der Waals surface area contributed by atoms with Crippen LogP contribution >= 0.6 is 0 Å². The van der Waals surface area contributed by atoms with Crippen LogP contribution in [-0.2, 0) is 17.3 Å². The highest BCUT2D eigenvalue weighted by atomic mass is 19.4. The molecular weight excluding hydrogens is 736 g/mol. The lowest BCUT2D eigenvalue weighted by Gasteiger charge is -2.38. The molecule has 20 heteroatoms. The highest BCUT2D eigenvalue weighted by Gasteiger charge is 2.72. The maximum Gasteiger partial charge on any atom is 0.458 e. The summed E-state index contributed by atoms with van der Waals surface area (Å²) in [6.07, 6.45) is -24.7. The van der Waals surface area contributed by atoms with Crippen LogP contribution < -0.4 is 20.9 Å². The summed E-state index contributed by atoms with van der Waals surface area (Å²) in [6, 6.07) is 5.74. The molecular formula is C31H18F16N2O2.